The van der Waals surface area contributed by atoms with E-state index < -0.39 is 22.8 Å². The molecule has 1 atom stereocenters. The van der Waals surface area contributed by atoms with Gasteiger partial charge in [0.2, 0.25) is 11.8 Å². The van der Waals surface area contributed by atoms with Crippen LogP contribution in [0.25, 0.3) is 0 Å². The van der Waals surface area contributed by atoms with E-state index in [1.54, 1.807) is 36.4 Å². The average Bonchev–Trinajstić information content (AvgIpc) is 2.94. The van der Waals surface area contributed by atoms with Crippen molar-refractivity contribution in [1.29, 1.82) is 0 Å². The summed E-state index contributed by atoms with van der Waals surface area (Å²) in [6.45, 7) is 0. The number of anilines is 1. The Morgan fingerprint density at radius 3 is 1.89 bits per heavy atom. The third-order valence-corrected chi connectivity index (χ3v) is 6.11. The maximum atomic E-state index is 13.8. The van der Waals surface area contributed by atoms with Crippen LogP contribution in [0.2, 0.25) is 0 Å². The molecule has 0 aliphatic carbocycles. The van der Waals surface area contributed by atoms with Crippen LogP contribution in [-0.4, -0.2) is 29.9 Å². The zero-order valence-corrected chi connectivity index (χ0v) is 20.7. The summed E-state index contributed by atoms with van der Waals surface area (Å²) < 4.78 is 5.35. The number of nitrogens with one attached hydrogen (secondary N) is 2. The fourth-order valence-corrected chi connectivity index (χ4v) is 4.21. The zero-order chi connectivity index (χ0) is 26.9. The van der Waals surface area contributed by atoms with Gasteiger partial charge in [0.05, 0.1) is 23.6 Å². The molecule has 4 aromatic carbocycles. The van der Waals surface area contributed by atoms with E-state index in [0.717, 1.165) is 11.1 Å². The van der Waals surface area contributed by atoms with Crippen LogP contribution in [0.15, 0.2) is 109 Å². The Labute approximate surface area is 220 Å². The van der Waals surface area contributed by atoms with E-state index in [0.29, 0.717) is 17.0 Å². The van der Waals surface area contributed by atoms with Crippen LogP contribution in [0.3, 0.4) is 0 Å². The molecule has 8 heteroatoms. The number of hydrogen-bond donors (Lipinski definition) is 2. The first-order valence-electron chi connectivity index (χ1n) is 12.0. The molecule has 0 saturated heterocycles. The molecule has 0 unspecified atom stereocenters. The van der Waals surface area contributed by atoms with Crippen molar-refractivity contribution in [1.82, 2.24) is 5.32 Å². The zero-order valence-electron chi connectivity index (χ0n) is 20.7. The first-order valence-corrected chi connectivity index (χ1v) is 12.0. The molecular formula is C30H27N3O5. The summed E-state index contributed by atoms with van der Waals surface area (Å²) in [6.07, 6.45) is 0.126. The van der Waals surface area contributed by atoms with Gasteiger partial charge in [0.25, 0.3) is 5.69 Å². The Morgan fingerprint density at radius 2 is 1.34 bits per heavy atom. The average molecular weight is 510 g/mol. The molecule has 0 aliphatic heterocycles. The predicted octanol–water partition coefficient (Wildman–Crippen LogP) is 5.10. The van der Waals surface area contributed by atoms with Gasteiger partial charge >= 0.3 is 0 Å². The summed E-state index contributed by atoms with van der Waals surface area (Å²) >= 11 is 0. The fourth-order valence-electron chi connectivity index (χ4n) is 4.21. The number of para-hydroxylation sites is 2. The van der Waals surface area contributed by atoms with E-state index in [4.69, 9.17) is 4.74 Å². The van der Waals surface area contributed by atoms with Crippen LogP contribution in [0, 0.1) is 10.1 Å². The van der Waals surface area contributed by atoms with Gasteiger partial charge in [-0.15, -0.1) is 0 Å². The molecule has 0 aromatic heterocycles. The van der Waals surface area contributed by atoms with Gasteiger partial charge in [0.15, 0.2) is 0 Å². The van der Waals surface area contributed by atoms with Gasteiger partial charge in [-0.1, -0.05) is 84.9 Å². The minimum Gasteiger partial charge on any atom is -0.495 e. The minimum absolute atomic E-state index is 0.0546. The van der Waals surface area contributed by atoms with Gasteiger partial charge in [-0.2, -0.15) is 0 Å². The number of rotatable bonds is 10. The molecule has 38 heavy (non-hydrogen) atoms. The number of nitro groups is 1. The molecule has 0 fully saturated rings. The van der Waals surface area contributed by atoms with Gasteiger partial charge < -0.3 is 15.4 Å². The SMILES string of the molecule is COc1ccccc1NC(=O)[C@@H](Cc1ccc([N+](=O)[O-])cc1)NC(=O)C(c1ccccc1)c1ccccc1. The van der Waals surface area contributed by atoms with Crippen molar-refractivity contribution < 1.29 is 19.2 Å². The predicted molar refractivity (Wildman–Crippen MR) is 145 cm³/mol. The largest absolute Gasteiger partial charge is 0.495 e. The van der Waals surface area contributed by atoms with E-state index in [1.165, 1.54) is 19.2 Å². The van der Waals surface area contributed by atoms with Crippen LogP contribution in [0.5, 0.6) is 5.75 Å². The van der Waals surface area contributed by atoms with Gasteiger partial charge in [-0.25, -0.2) is 0 Å². The number of benzene rings is 4. The normalized spacial score (nSPS) is 11.4. The molecular weight excluding hydrogens is 482 g/mol. The van der Waals surface area contributed by atoms with Crippen LogP contribution in [0.1, 0.15) is 22.6 Å². The molecule has 8 nitrogen and oxygen atoms in total. The Bertz CT molecular complexity index is 1350. The van der Waals surface area contributed by atoms with Crippen LogP contribution >= 0.6 is 0 Å². The smallest absolute Gasteiger partial charge is 0.269 e. The minimum atomic E-state index is -0.969. The second-order valence-electron chi connectivity index (χ2n) is 8.63. The number of nitro benzene ring substituents is 1. The maximum Gasteiger partial charge on any atom is 0.269 e. The topological polar surface area (TPSA) is 111 Å². The standard InChI is InChI=1S/C30H27N3O5/c1-38-27-15-9-8-14-25(27)31-29(34)26(20-21-16-18-24(19-17-21)33(36)37)32-30(35)28(22-10-4-2-5-11-22)23-12-6-3-7-13-23/h2-19,26,28H,20H2,1H3,(H,31,34)(H,32,35)/t26-/m1/s1. The summed E-state index contributed by atoms with van der Waals surface area (Å²) in [5.74, 6) is -0.950. The summed E-state index contributed by atoms with van der Waals surface area (Å²) in [5.41, 5.74) is 2.64. The highest BCUT2D eigenvalue weighted by Crippen LogP contribution is 2.26. The molecule has 4 rings (SSSR count). The first-order chi connectivity index (χ1) is 18.5. The number of methoxy groups -OCH3 is 1. The van der Waals surface area contributed by atoms with Crippen molar-refractivity contribution in [2.75, 3.05) is 12.4 Å². The van der Waals surface area contributed by atoms with Crippen molar-refractivity contribution in [2.24, 2.45) is 0 Å². The molecule has 0 saturated carbocycles. The van der Waals surface area contributed by atoms with E-state index in [-0.39, 0.29) is 18.0 Å². The van der Waals surface area contributed by atoms with Crippen LogP contribution in [-0.2, 0) is 16.0 Å². The first kappa shape index (κ1) is 26.1. The lowest BCUT2D eigenvalue weighted by atomic mass is 9.90. The van der Waals surface area contributed by atoms with Crippen molar-refractivity contribution in [2.45, 2.75) is 18.4 Å². The molecule has 0 heterocycles. The number of non-ortho nitro benzene ring substituents is 1. The van der Waals surface area contributed by atoms with Crippen molar-refractivity contribution in [3.8, 4) is 5.75 Å². The summed E-state index contributed by atoms with van der Waals surface area (Å²) in [5, 5.41) is 16.8. The van der Waals surface area contributed by atoms with E-state index in [2.05, 4.69) is 10.6 Å². The van der Waals surface area contributed by atoms with Gasteiger partial charge in [0, 0.05) is 18.6 Å². The third-order valence-electron chi connectivity index (χ3n) is 6.11. The Balaban J connectivity index is 1.64. The second kappa shape index (κ2) is 12.3. The molecule has 192 valence electrons. The van der Waals surface area contributed by atoms with E-state index in [1.807, 2.05) is 60.7 Å². The van der Waals surface area contributed by atoms with Crippen molar-refractivity contribution >= 4 is 23.2 Å². The van der Waals surface area contributed by atoms with E-state index in [9.17, 15) is 19.7 Å². The molecule has 0 spiro atoms. The molecule has 0 aliphatic rings. The Morgan fingerprint density at radius 1 is 0.789 bits per heavy atom. The third kappa shape index (κ3) is 6.41. The number of carbonyl (C=O) groups is 2. The fraction of sp³-hybridized carbons (Fsp3) is 0.133. The Kier molecular flexibility index (Phi) is 8.46. The summed E-state index contributed by atoms with van der Waals surface area (Å²) in [4.78, 5) is 37.8. The number of nitrogens with zero attached hydrogens (tertiary/aromatic N) is 1. The lowest BCUT2D eigenvalue weighted by molar-refractivity contribution is -0.384. The lowest BCUT2D eigenvalue weighted by Gasteiger charge is -2.23. The summed E-state index contributed by atoms with van der Waals surface area (Å²) in [7, 11) is 1.51. The highest BCUT2D eigenvalue weighted by atomic mass is 16.6. The summed E-state index contributed by atoms with van der Waals surface area (Å²) in [6, 6.07) is 30.6. The van der Waals surface area contributed by atoms with E-state index >= 15 is 0 Å². The molecule has 0 radical (unpaired) electrons. The number of ether oxygens (including phenoxy) is 1. The molecule has 2 N–H and O–H groups in total. The molecule has 0 bridgehead atoms. The second-order valence-corrected chi connectivity index (χ2v) is 8.63. The highest BCUT2D eigenvalue weighted by molar-refractivity contribution is 5.99. The van der Waals surface area contributed by atoms with Crippen molar-refractivity contribution in [3.05, 3.63) is 136 Å². The lowest BCUT2D eigenvalue weighted by Crippen LogP contribution is -2.47. The molecule has 2 amide bonds. The van der Waals surface area contributed by atoms with Crippen LogP contribution in [0.4, 0.5) is 11.4 Å². The number of carbonyl (C=O) groups excluding carboxylic acids is 2. The number of hydrogen-bond acceptors (Lipinski definition) is 5. The van der Waals surface area contributed by atoms with Gasteiger partial charge in [-0.05, 0) is 28.8 Å². The highest BCUT2D eigenvalue weighted by Gasteiger charge is 2.28. The quantitative estimate of drug-likeness (QED) is 0.228. The monoisotopic (exact) mass is 509 g/mol. The van der Waals surface area contributed by atoms with Crippen molar-refractivity contribution in [3.63, 3.8) is 0 Å². The maximum absolute atomic E-state index is 13.8. The van der Waals surface area contributed by atoms with Gasteiger partial charge in [-0.3, -0.25) is 19.7 Å². The molecule has 4 aromatic rings. The van der Waals surface area contributed by atoms with Gasteiger partial charge in [0.1, 0.15) is 11.8 Å². The Hall–Kier alpha value is -4.98. The van der Waals surface area contributed by atoms with Crippen LogP contribution < -0.4 is 15.4 Å². The number of amides is 2.